The normalized spacial score (nSPS) is 14.9. The molecular formula is C9H15F3O4S. The van der Waals surface area contributed by atoms with Gasteiger partial charge in [-0.1, -0.05) is 13.8 Å². The molecule has 0 aromatic rings. The zero-order valence-corrected chi connectivity index (χ0v) is 10.3. The number of rotatable bonds is 6. The minimum absolute atomic E-state index is 0.0268. The van der Waals surface area contributed by atoms with E-state index in [9.17, 15) is 26.4 Å². The lowest BCUT2D eigenvalue weighted by Gasteiger charge is -2.16. The zero-order valence-electron chi connectivity index (χ0n) is 9.49. The molecule has 102 valence electrons. The van der Waals surface area contributed by atoms with Crippen LogP contribution in [0.15, 0.2) is 0 Å². The van der Waals surface area contributed by atoms with Crippen LogP contribution in [0.2, 0.25) is 0 Å². The van der Waals surface area contributed by atoms with Crippen molar-refractivity contribution in [2.24, 2.45) is 11.8 Å². The molecule has 1 atom stereocenters. The maximum Gasteiger partial charge on any atom is 0.403 e. The Morgan fingerprint density at radius 2 is 1.76 bits per heavy atom. The minimum atomic E-state index is -5.04. The molecule has 0 saturated heterocycles. The highest BCUT2D eigenvalue weighted by atomic mass is 32.2. The average Bonchev–Trinajstić information content (AvgIpc) is 2.09. The number of carbonyl (C=O) groups is 1. The van der Waals surface area contributed by atoms with Crippen molar-refractivity contribution in [2.45, 2.75) is 26.4 Å². The molecular weight excluding hydrogens is 261 g/mol. The second-order valence-electron chi connectivity index (χ2n) is 4.23. The first kappa shape index (κ1) is 16.2. The van der Waals surface area contributed by atoms with Crippen LogP contribution in [-0.2, 0) is 14.6 Å². The Balaban J connectivity index is 4.72. The molecule has 0 aliphatic carbocycles. The molecule has 0 aromatic heterocycles. The Bertz CT molecular complexity index is 359. The summed E-state index contributed by atoms with van der Waals surface area (Å²) in [5.74, 6) is -6.80. The third kappa shape index (κ3) is 6.50. The van der Waals surface area contributed by atoms with Gasteiger partial charge in [0.15, 0.2) is 15.8 Å². The van der Waals surface area contributed by atoms with Gasteiger partial charge < -0.3 is 5.11 Å². The number of hydrogen-bond donors (Lipinski definition) is 1. The third-order valence-electron chi connectivity index (χ3n) is 2.12. The molecule has 8 heteroatoms. The van der Waals surface area contributed by atoms with E-state index in [-0.39, 0.29) is 12.3 Å². The van der Waals surface area contributed by atoms with Gasteiger partial charge in [-0.2, -0.15) is 13.2 Å². The monoisotopic (exact) mass is 276 g/mol. The standard InChI is InChI=1S/C9H15F3O4S/c1-6(2)3-4-17(15,16)5-7(8(13)14)9(10,11)12/h6-7H,3-5H2,1-2H3,(H,13,14). The maximum atomic E-state index is 12.3. The van der Waals surface area contributed by atoms with Crippen molar-refractivity contribution in [1.29, 1.82) is 0 Å². The van der Waals surface area contributed by atoms with E-state index in [1.54, 1.807) is 13.8 Å². The van der Waals surface area contributed by atoms with E-state index in [0.29, 0.717) is 0 Å². The summed E-state index contributed by atoms with van der Waals surface area (Å²) in [5, 5.41) is 8.37. The fraction of sp³-hybridized carbons (Fsp3) is 0.889. The quantitative estimate of drug-likeness (QED) is 0.801. The van der Waals surface area contributed by atoms with Crippen molar-refractivity contribution in [1.82, 2.24) is 0 Å². The number of carboxylic acids is 1. The molecule has 4 nitrogen and oxygen atoms in total. The molecule has 0 spiro atoms. The van der Waals surface area contributed by atoms with E-state index < -0.39 is 39.4 Å². The van der Waals surface area contributed by atoms with Gasteiger partial charge in [0.05, 0.1) is 11.5 Å². The van der Waals surface area contributed by atoms with Gasteiger partial charge in [0, 0.05) is 0 Å². The first-order valence-electron chi connectivity index (χ1n) is 4.95. The third-order valence-corrected chi connectivity index (χ3v) is 3.82. The van der Waals surface area contributed by atoms with E-state index >= 15 is 0 Å². The van der Waals surface area contributed by atoms with Crippen molar-refractivity contribution < 1.29 is 31.5 Å². The minimum Gasteiger partial charge on any atom is -0.481 e. The Morgan fingerprint density at radius 3 is 2.06 bits per heavy atom. The van der Waals surface area contributed by atoms with Crippen LogP contribution in [0.5, 0.6) is 0 Å². The van der Waals surface area contributed by atoms with Crippen LogP contribution in [0.4, 0.5) is 13.2 Å². The first-order valence-corrected chi connectivity index (χ1v) is 6.78. The largest absolute Gasteiger partial charge is 0.481 e. The summed E-state index contributed by atoms with van der Waals surface area (Å²) < 4.78 is 59.4. The van der Waals surface area contributed by atoms with Gasteiger partial charge in [-0.25, -0.2) is 8.42 Å². The summed E-state index contributed by atoms with van der Waals surface area (Å²) in [6.45, 7) is 3.46. The average molecular weight is 276 g/mol. The molecule has 0 bridgehead atoms. The van der Waals surface area contributed by atoms with Crippen molar-refractivity contribution in [3.05, 3.63) is 0 Å². The van der Waals surface area contributed by atoms with Crippen LogP contribution < -0.4 is 0 Å². The SMILES string of the molecule is CC(C)CCS(=O)(=O)CC(C(=O)O)C(F)(F)F. The highest BCUT2D eigenvalue weighted by Gasteiger charge is 2.47. The van der Waals surface area contributed by atoms with Gasteiger partial charge >= 0.3 is 12.1 Å². The summed E-state index contributed by atoms with van der Waals surface area (Å²) in [7, 11) is -4.00. The second-order valence-corrected chi connectivity index (χ2v) is 6.46. The van der Waals surface area contributed by atoms with Crippen LogP contribution in [0.3, 0.4) is 0 Å². The topological polar surface area (TPSA) is 71.4 Å². The number of hydrogen-bond acceptors (Lipinski definition) is 3. The predicted octanol–water partition coefficient (Wildman–Crippen LogP) is 1.71. The summed E-state index contributed by atoms with van der Waals surface area (Å²) in [6, 6.07) is 0. The summed E-state index contributed by atoms with van der Waals surface area (Å²) in [4.78, 5) is 10.4. The van der Waals surface area contributed by atoms with Gasteiger partial charge in [-0.3, -0.25) is 4.79 Å². The smallest absolute Gasteiger partial charge is 0.403 e. The van der Waals surface area contributed by atoms with E-state index in [1.165, 1.54) is 0 Å². The lowest BCUT2D eigenvalue weighted by atomic mass is 10.2. The molecule has 1 N–H and O–H groups in total. The summed E-state index contributed by atoms with van der Waals surface area (Å²) >= 11 is 0. The lowest BCUT2D eigenvalue weighted by molar-refractivity contribution is -0.189. The zero-order chi connectivity index (χ0) is 13.9. The molecule has 0 amide bonds. The van der Waals surface area contributed by atoms with Crippen LogP contribution in [-0.4, -0.2) is 37.2 Å². The van der Waals surface area contributed by atoms with Gasteiger partial charge in [0.2, 0.25) is 0 Å². The molecule has 0 saturated carbocycles. The molecule has 0 heterocycles. The Hall–Kier alpha value is -0.790. The number of sulfone groups is 1. The molecule has 0 aromatic carbocycles. The molecule has 0 fully saturated rings. The molecule has 0 radical (unpaired) electrons. The van der Waals surface area contributed by atoms with Gasteiger partial charge in [0.25, 0.3) is 0 Å². The number of carboxylic acid groups (broad SMARTS) is 1. The fourth-order valence-corrected chi connectivity index (χ4v) is 2.89. The number of halogens is 3. The molecule has 1 unspecified atom stereocenters. The fourth-order valence-electron chi connectivity index (χ4n) is 1.06. The van der Waals surface area contributed by atoms with Crippen LogP contribution >= 0.6 is 0 Å². The van der Waals surface area contributed by atoms with Crippen LogP contribution in [0.25, 0.3) is 0 Å². The highest BCUT2D eigenvalue weighted by molar-refractivity contribution is 7.91. The van der Waals surface area contributed by atoms with E-state index in [0.717, 1.165) is 0 Å². The Kier molecular flexibility index (Phi) is 5.44. The van der Waals surface area contributed by atoms with Crippen LogP contribution in [0.1, 0.15) is 20.3 Å². The first-order chi connectivity index (χ1) is 7.46. The second kappa shape index (κ2) is 5.70. The lowest BCUT2D eigenvalue weighted by Crippen LogP contribution is -2.37. The Morgan fingerprint density at radius 1 is 1.29 bits per heavy atom. The van der Waals surface area contributed by atoms with E-state index in [1.807, 2.05) is 0 Å². The predicted molar refractivity (Wildman–Crippen MR) is 55.3 cm³/mol. The van der Waals surface area contributed by atoms with E-state index in [2.05, 4.69) is 0 Å². The molecule has 0 rings (SSSR count). The van der Waals surface area contributed by atoms with Gasteiger partial charge in [-0.15, -0.1) is 0 Å². The molecule has 0 aliphatic heterocycles. The number of aliphatic carboxylic acids is 1. The van der Waals surface area contributed by atoms with Crippen molar-refractivity contribution in [3.8, 4) is 0 Å². The highest BCUT2D eigenvalue weighted by Crippen LogP contribution is 2.28. The molecule has 0 aliphatic rings. The van der Waals surface area contributed by atoms with Crippen molar-refractivity contribution >= 4 is 15.8 Å². The van der Waals surface area contributed by atoms with Crippen LogP contribution in [0, 0.1) is 11.8 Å². The van der Waals surface area contributed by atoms with Crippen molar-refractivity contribution in [2.75, 3.05) is 11.5 Å². The summed E-state index contributed by atoms with van der Waals surface area (Å²) in [6.07, 6.45) is -4.83. The van der Waals surface area contributed by atoms with E-state index in [4.69, 9.17) is 5.11 Å². The maximum absolute atomic E-state index is 12.3. The van der Waals surface area contributed by atoms with Gasteiger partial charge in [-0.05, 0) is 12.3 Å². The number of alkyl halides is 3. The summed E-state index contributed by atoms with van der Waals surface area (Å²) in [5.41, 5.74) is 0. The van der Waals surface area contributed by atoms with Gasteiger partial charge in [0.1, 0.15) is 0 Å². The molecule has 17 heavy (non-hydrogen) atoms. The van der Waals surface area contributed by atoms with Crippen molar-refractivity contribution in [3.63, 3.8) is 0 Å². The Labute approximate surface area is 97.7 Å².